The van der Waals surface area contributed by atoms with Gasteiger partial charge >= 0.3 is 0 Å². The molecule has 0 atom stereocenters. The summed E-state index contributed by atoms with van der Waals surface area (Å²) >= 11 is 0. The minimum Gasteiger partial charge on any atom is -0.455 e. The topological polar surface area (TPSA) is 65.0 Å². The first kappa shape index (κ1) is 33.1. The van der Waals surface area contributed by atoms with Crippen molar-refractivity contribution in [3.05, 3.63) is 133 Å². The third kappa shape index (κ3) is 5.35. The van der Waals surface area contributed by atoms with Crippen molar-refractivity contribution in [1.82, 2.24) is 15.0 Å². The molecule has 254 valence electrons. The van der Waals surface area contributed by atoms with Crippen LogP contribution in [0.15, 0.2) is 142 Å². The van der Waals surface area contributed by atoms with Gasteiger partial charge < -0.3 is 8.83 Å². The first-order valence-corrected chi connectivity index (χ1v) is 18.7. The van der Waals surface area contributed by atoms with Crippen molar-refractivity contribution in [2.24, 2.45) is 0 Å². The molecule has 0 aliphatic rings. The van der Waals surface area contributed by atoms with Crippen LogP contribution in [0.3, 0.4) is 0 Å². The summed E-state index contributed by atoms with van der Waals surface area (Å²) < 4.78 is 13.2. The van der Waals surface area contributed by atoms with Gasteiger partial charge in [0.15, 0.2) is 17.5 Å². The summed E-state index contributed by atoms with van der Waals surface area (Å²) in [5, 5.41) is 4.25. The van der Waals surface area contributed by atoms with E-state index in [4.69, 9.17) is 23.8 Å². The second-order valence-electron chi connectivity index (χ2n) is 14.5. The van der Waals surface area contributed by atoms with Gasteiger partial charge in [-0.05, 0) is 29.3 Å². The number of rotatable bonds is 5. The number of para-hydroxylation sites is 3. The lowest BCUT2D eigenvalue weighted by molar-refractivity contribution is 0.665. The van der Waals surface area contributed by atoms with Crippen LogP contribution in [0.4, 0.5) is 0 Å². The minimum absolute atomic E-state index is 0.582. The number of benzene rings is 7. The van der Waals surface area contributed by atoms with Crippen molar-refractivity contribution in [2.75, 3.05) is 0 Å². The Balaban J connectivity index is 1.09. The molecule has 0 amide bonds. The van der Waals surface area contributed by atoms with Crippen LogP contribution in [0.1, 0.15) is 0 Å². The predicted molar refractivity (Wildman–Crippen MR) is 242 cm³/mol. The van der Waals surface area contributed by atoms with E-state index >= 15 is 0 Å². The molecule has 3 heterocycles. The highest BCUT2D eigenvalue weighted by atomic mass is 16.3. The molecule has 0 aliphatic carbocycles. The molecule has 0 saturated heterocycles. The van der Waals surface area contributed by atoms with Gasteiger partial charge in [-0.1, -0.05) is 126 Å². The van der Waals surface area contributed by atoms with E-state index < -0.39 is 0 Å². The molecular formula is C45H32B5N3O2. The molecule has 0 unspecified atom stereocenters. The van der Waals surface area contributed by atoms with E-state index in [-0.39, 0.29) is 0 Å². The molecule has 0 radical (unpaired) electrons. The molecule has 7 aromatic carbocycles. The van der Waals surface area contributed by atoms with Gasteiger partial charge in [0.2, 0.25) is 0 Å². The third-order valence-electron chi connectivity index (χ3n) is 11.6. The van der Waals surface area contributed by atoms with Crippen molar-refractivity contribution in [3.63, 3.8) is 0 Å². The Hall–Kier alpha value is -6.53. The largest absolute Gasteiger partial charge is 0.455 e. The van der Waals surface area contributed by atoms with Crippen LogP contribution in [-0.4, -0.2) is 54.2 Å². The number of hydrogen-bond donors (Lipinski definition) is 0. The fourth-order valence-electron chi connectivity index (χ4n) is 8.18. The van der Waals surface area contributed by atoms with E-state index in [0.717, 1.165) is 71.7 Å². The maximum absolute atomic E-state index is 6.74. The zero-order valence-electron chi connectivity index (χ0n) is 31.4. The molecule has 0 N–H and O–H groups in total. The van der Waals surface area contributed by atoms with Gasteiger partial charge in [0.1, 0.15) is 61.6 Å². The zero-order chi connectivity index (χ0) is 37.4. The summed E-state index contributed by atoms with van der Waals surface area (Å²) in [6.45, 7) is 0. The SMILES string of the molecule is Bc1c(B)c(B)c(-c2ccc(-c3nc(-c4ccccc4)nc(-c4ccc5c(c4)oc4c(-c6cccc7c6oc6ccccc67)cccc45)n3)cc2)c(B)c1B. The van der Waals surface area contributed by atoms with Gasteiger partial charge in [0.05, 0.1) is 0 Å². The van der Waals surface area contributed by atoms with Gasteiger partial charge in [-0.25, -0.2) is 15.0 Å². The van der Waals surface area contributed by atoms with Gasteiger partial charge in [0, 0.05) is 49.4 Å². The monoisotopic (exact) mass is 701 g/mol. The fraction of sp³-hybridized carbons (Fsp3) is 0. The maximum Gasteiger partial charge on any atom is 0.164 e. The smallest absolute Gasteiger partial charge is 0.164 e. The standard InChI is InChI=1S/C45H32B5N3O2/c46-36-35(37(47)39(49)40(50)38(36)48)23-16-18-25(19-17-23)44-51-43(24-8-2-1-3-9-24)52-45(53-44)26-20-21-28-30-12-7-14-32(42(30)55-34(28)22-26)31-13-6-11-29-27-10-4-5-15-33(27)54-41(29)31/h1-22H,46-50H2. The lowest BCUT2D eigenvalue weighted by atomic mass is 9.59. The van der Waals surface area contributed by atoms with Gasteiger partial charge in [0.25, 0.3) is 0 Å². The van der Waals surface area contributed by atoms with Crippen molar-refractivity contribution < 1.29 is 8.83 Å². The van der Waals surface area contributed by atoms with Crippen molar-refractivity contribution in [1.29, 1.82) is 0 Å². The van der Waals surface area contributed by atoms with E-state index in [0.29, 0.717) is 17.5 Å². The third-order valence-corrected chi connectivity index (χ3v) is 11.6. The predicted octanol–water partition coefficient (Wildman–Crippen LogP) is 3.30. The Bertz CT molecular complexity index is 3130. The Morgan fingerprint density at radius 2 is 0.800 bits per heavy atom. The zero-order valence-corrected chi connectivity index (χ0v) is 31.4. The molecular weight excluding hydrogens is 669 g/mol. The summed E-state index contributed by atoms with van der Waals surface area (Å²) in [5.41, 5.74) is 17.2. The molecule has 10 rings (SSSR count). The van der Waals surface area contributed by atoms with Crippen LogP contribution in [0.25, 0.3) is 100 Å². The summed E-state index contributed by atoms with van der Waals surface area (Å²) in [6, 6.07) is 45.7. The van der Waals surface area contributed by atoms with E-state index in [1.807, 2.05) is 54.6 Å². The van der Waals surface area contributed by atoms with Crippen LogP contribution >= 0.6 is 0 Å². The minimum atomic E-state index is 0.582. The molecule has 0 spiro atoms. The average molecular weight is 701 g/mol. The maximum atomic E-state index is 6.74. The highest BCUT2D eigenvalue weighted by molar-refractivity contribution is 6.68. The second kappa shape index (κ2) is 12.8. The summed E-state index contributed by atoms with van der Waals surface area (Å²) in [4.78, 5) is 15.1. The average Bonchev–Trinajstić information content (AvgIpc) is 3.81. The molecule has 10 aromatic rings. The highest BCUT2D eigenvalue weighted by Crippen LogP contribution is 2.41. The van der Waals surface area contributed by atoms with Crippen LogP contribution in [0.5, 0.6) is 0 Å². The van der Waals surface area contributed by atoms with E-state index in [9.17, 15) is 0 Å². The van der Waals surface area contributed by atoms with Crippen molar-refractivity contribution in [3.8, 4) is 56.4 Å². The van der Waals surface area contributed by atoms with Crippen LogP contribution in [0, 0.1) is 0 Å². The summed E-state index contributed by atoms with van der Waals surface area (Å²) in [7, 11) is 11.1. The number of aromatic nitrogens is 3. The van der Waals surface area contributed by atoms with E-state index in [1.165, 1.54) is 38.4 Å². The van der Waals surface area contributed by atoms with Crippen LogP contribution in [-0.2, 0) is 0 Å². The number of hydrogen-bond acceptors (Lipinski definition) is 5. The van der Waals surface area contributed by atoms with E-state index in [1.54, 1.807) is 0 Å². The van der Waals surface area contributed by atoms with Gasteiger partial charge in [-0.15, -0.1) is 16.4 Å². The van der Waals surface area contributed by atoms with E-state index in [2.05, 4.69) is 118 Å². The molecule has 0 aliphatic heterocycles. The summed E-state index contributed by atoms with van der Waals surface area (Å²) in [6.07, 6.45) is 0. The first-order chi connectivity index (χ1) is 26.8. The lowest BCUT2D eigenvalue weighted by Crippen LogP contribution is -2.55. The van der Waals surface area contributed by atoms with Gasteiger partial charge in [-0.2, -0.15) is 0 Å². The Kier molecular flexibility index (Phi) is 7.70. The number of fused-ring (bicyclic) bond motifs is 6. The molecule has 0 saturated carbocycles. The molecule has 5 nitrogen and oxygen atoms in total. The van der Waals surface area contributed by atoms with Crippen molar-refractivity contribution >= 4 is 110 Å². The normalized spacial score (nSPS) is 11.6. The fourth-order valence-corrected chi connectivity index (χ4v) is 8.18. The molecule has 10 heteroatoms. The van der Waals surface area contributed by atoms with Crippen LogP contribution in [0.2, 0.25) is 0 Å². The molecule has 0 bridgehead atoms. The Labute approximate surface area is 322 Å². The Morgan fingerprint density at radius 1 is 0.345 bits per heavy atom. The lowest BCUT2D eigenvalue weighted by Gasteiger charge is -2.20. The Morgan fingerprint density at radius 3 is 1.44 bits per heavy atom. The number of furan rings is 2. The van der Waals surface area contributed by atoms with Crippen LogP contribution < -0.4 is 27.3 Å². The summed E-state index contributed by atoms with van der Waals surface area (Å²) in [5.74, 6) is 1.82. The molecule has 0 fully saturated rings. The quantitative estimate of drug-likeness (QED) is 0.258. The molecule has 55 heavy (non-hydrogen) atoms. The number of nitrogens with zero attached hydrogens (tertiary/aromatic N) is 3. The van der Waals surface area contributed by atoms with Gasteiger partial charge in [-0.3, -0.25) is 0 Å². The second-order valence-corrected chi connectivity index (χ2v) is 14.5. The molecule has 3 aromatic heterocycles. The highest BCUT2D eigenvalue weighted by Gasteiger charge is 2.20. The van der Waals surface area contributed by atoms with Crippen molar-refractivity contribution in [2.45, 2.75) is 0 Å². The first-order valence-electron chi connectivity index (χ1n) is 18.7.